The average Bonchev–Trinajstić information content (AvgIpc) is 2.84. The maximum Gasteiger partial charge on any atom is 0.0503 e. The number of rotatable bonds is 5. The van der Waals surface area contributed by atoms with Gasteiger partial charge in [-0.2, -0.15) is 0 Å². The lowest BCUT2D eigenvalue weighted by Gasteiger charge is -2.13. The minimum absolute atomic E-state index is 0.212. The minimum atomic E-state index is 0.212. The third-order valence-electron chi connectivity index (χ3n) is 3.00. The van der Waals surface area contributed by atoms with E-state index in [-0.39, 0.29) is 12.5 Å². The number of thiophene rings is 1. The molecule has 0 amide bonds. The first kappa shape index (κ1) is 12.3. The number of hydrogen-bond acceptors (Lipinski definition) is 2. The Morgan fingerprint density at radius 3 is 2.35 bits per heavy atom. The van der Waals surface area contributed by atoms with Crippen molar-refractivity contribution >= 4 is 11.3 Å². The van der Waals surface area contributed by atoms with Gasteiger partial charge in [-0.1, -0.05) is 37.3 Å². The number of hydrogen-bond donors (Lipinski definition) is 1. The Kier molecular flexibility index (Phi) is 4.35. The largest absolute Gasteiger partial charge is 0.396 e. The lowest BCUT2D eigenvalue weighted by atomic mass is 9.96. The van der Waals surface area contributed by atoms with Gasteiger partial charge in [0.1, 0.15) is 0 Å². The maximum absolute atomic E-state index is 9.51. The molecule has 1 heterocycles. The second kappa shape index (κ2) is 5.99. The molecule has 0 aliphatic rings. The van der Waals surface area contributed by atoms with E-state index >= 15 is 0 Å². The van der Waals surface area contributed by atoms with Crippen molar-refractivity contribution in [1.82, 2.24) is 0 Å². The first-order valence-electron chi connectivity index (χ1n) is 6.07. The third kappa shape index (κ3) is 3.18. The van der Waals surface area contributed by atoms with Gasteiger partial charge in [-0.05, 0) is 30.5 Å². The molecule has 17 heavy (non-hydrogen) atoms. The number of benzene rings is 1. The molecule has 2 heteroatoms. The molecule has 0 saturated heterocycles. The summed E-state index contributed by atoms with van der Waals surface area (Å²) in [6.45, 7) is 2.39. The predicted molar refractivity (Wildman–Crippen MR) is 73.7 cm³/mol. The number of aliphatic hydroxyl groups excluding tert-OH is 1. The van der Waals surface area contributed by atoms with Crippen LogP contribution >= 0.6 is 11.3 Å². The summed E-state index contributed by atoms with van der Waals surface area (Å²) in [5, 5.41) is 9.51. The van der Waals surface area contributed by atoms with Crippen molar-refractivity contribution in [2.75, 3.05) is 6.61 Å². The second-order valence-corrected chi connectivity index (χ2v) is 5.47. The highest BCUT2D eigenvalue weighted by Crippen LogP contribution is 2.25. The van der Waals surface area contributed by atoms with E-state index in [1.165, 1.54) is 15.3 Å². The first-order valence-corrected chi connectivity index (χ1v) is 6.88. The fourth-order valence-electron chi connectivity index (χ4n) is 1.98. The van der Waals surface area contributed by atoms with E-state index in [1.807, 2.05) is 29.5 Å². The van der Waals surface area contributed by atoms with E-state index < -0.39 is 0 Å². The van der Waals surface area contributed by atoms with Crippen molar-refractivity contribution in [3.05, 3.63) is 57.8 Å². The second-order valence-electron chi connectivity index (χ2n) is 4.22. The lowest BCUT2D eigenvalue weighted by molar-refractivity contribution is 0.265. The topological polar surface area (TPSA) is 20.2 Å². The number of aryl methyl sites for hydroxylation is 1. The predicted octanol–water partition coefficient (Wildman–Crippen LogP) is 3.63. The average molecular weight is 246 g/mol. The van der Waals surface area contributed by atoms with E-state index in [9.17, 15) is 5.11 Å². The SMILES string of the molecule is CCc1ccc(CC(CO)c2ccccc2)s1. The summed E-state index contributed by atoms with van der Waals surface area (Å²) < 4.78 is 0. The summed E-state index contributed by atoms with van der Waals surface area (Å²) >= 11 is 1.86. The molecule has 0 saturated carbocycles. The molecule has 1 aromatic heterocycles. The van der Waals surface area contributed by atoms with Crippen molar-refractivity contribution in [2.45, 2.75) is 25.7 Å². The van der Waals surface area contributed by atoms with E-state index in [0.717, 1.165) is 12.8 Å². The molecular weight excluding hydrogens is 228 g/mol. The monoisotopic (exact) mass is 246 g/mol. The zero-order chi connectivity index (χ0) is 12.1. The molecule has 0 bridgehead atoms. The van der Waals surface area contributed by atoms with Crippen LogP contribution in [0, 0.1) is 0 Å². The Morgan fingerprint density at radius 1 is 1.06 bits per heavy atom. The van der Waals surface area contributed by atoms with Crippen LogP contribution < -0.4 is 0 Å². The Bertz CT molecular complexity index is 447. The molecule has 90 valence electrons. The molecule has 1 aromatic carbocycles. The summed E-state index contributed by atoms with van der Waals surface area (Å²) in [6, 6.07) is 14.6. The lowest BCUT2D eigenvalue weighted by Crippen LogP contribution is -2.06. The highest BCUT2D eigenvalue weighted by molar-refractivity contribution is 7.11. The number of aliphatic hydroxyl groups is 1. The fraction of sp³-hybridized carbons (Fsp3) is 0.333. The molecular formula is C15H18OS. The van der Waals surface area contributed by atoms with Crippen LogP contribution in [0.5, 0.6) is 0 Å². The van der Waals surface area contributed by atoms with Gasteiger partial charge in [0, 0.05) is 15.7 Å². The van der Waals surface area contributed by atoms with Gasteiger partial charge in [0.05, 0.1) is 6.61 Å². The Labute approximate surface area is 107 Å². The van der Waals surface area contributed by atoms with Gasteiger partial charge in [-0.3, -0.25) is 0 Å². The Hall–Kier alpha value is -1.12. The van der Waals surface area contributed by atoms with Crippen molar-refractivity contribution in [2.24, 2.45) is 0 Å². The zero-order valence-electron chi connectivity index (χ0n) is 10.1. The molecule has 0 fully saturated rings. The van der Waals surface area contributed by atoms with E-state index in [1.54, 1.807) is 0 Å². The molecule has 0 aliphatic carbocycles. The van der Waals surface area contributed by atoms with Crippen molar-refractivity contribution in [3.63, 3.8) is 0 Å². The molecule has 1 nitrogen and oxygen atoms in total. The maximum atomic E-state index is 9.51. The van der Waals surface area contributed by atoms with Crippen LogP contribution in [0.2, 0.25) is 0 Å². The van der Waals surface area contributed by atoms with Crippen molar-refractivity contribution < 1.29 is 5.11 Å². The first-order chi connectivity index (χ1) is 8.33. The summed E-state index contributed by atoms with van der Waals surface area (Å²) in [4.78, 5) is 2.79. The molecule has 2 rings (SSSR count). The molecule has 2 aromatic rings. The summed E-state index contributed by atoms with van der Waals surface area (Å²) in [6.07, 6.45) is 2.03. The molecule has 1 atom stereocenters. The Balaban J connectivity index is 2.10. The van der Waals surface area contributed by atoms with E-state index in [0.29, 0.717) is 0 Å². The zero-order valence-corrected chi connectivity index (χ0v) is 10.9. The molecule has 1 N–H and O–H groups in total. The minimum Gasteiger partial charge on any atom is -0.396 e. The molecule has 0 radical (unpaired) electrons. The fourth-order valence-corrected chi connectivity index (χ4v) is 3.02. The summed E-state index contributed by atoms with van der Waals surface area (Å²) in [7, 11) is 0. The van der Waals surface area contributed by atoms with Crippen LogP contribution in [-0.2, 0) is 12.8 Å². The molecule has 1 unspecified atom stereocenters. The quantitative estimate of drug-likeness (QED) is 0.854. The van der Waals surface area contributed by atoms with Gasteiger partial charge in [-0.15, -0.1) is 11.3 Å². The summed E-state index contributed by atoms with van der Waals surface area (Å²) in [5.74, 6) is 0.222. The van der Waals surface area contributed by atoms with Crippen molar-refractivity contribution in [1.29, 1.82) is 0 Å². The van der Waals surface area contributed by atoms with Gasteiger partial charge in [0.15, 0.2) is 0 Å². The smallest absolute Gasteiger partial charge is 0.0503 e. The Morgan fingerprint density at radius 2 is 1.76 bits per heavy atom. The highest BCUT2D eigenvalue weighted by Gasteiger charge is 2.12. The van der Waals surface area contributed by atoms with Gasteiger partial charge in [-0.25, -0.2) is 0 Å². The van der Waals surface area contributed by atoms with E-state index in [4.69, 9.17) is 0 Å². The van der Waals surface area contributed by atoms with Gasteiger partial charge in [0.2, 0.25) is 0 Å². The standard InChI is InChI=1S/C15H18OS/c1-2-14-8-9-15(17-14)10-13(11-16)12-6-4-3-5-7-12/h3-9,13,16H,2,10-11H2,1H3. The highest BCUT2D eigenvalue weighted by atomic mass is 32.1. The molecule has 0 spiro atoms. The van der Waals surface area contributed by atoms with E-state index in [2.05, 4.69) is 31.2 Å². The van der Waals surface area contributed by atoms with Gasteiger partial charge < -0.3 is 5.11 Å². The van der Waals surface area contributed by atoms with Crippen molar-refractivity contribution in [3.8, 4) is 0 Å². The third-order valence-corrected chi connectivity index (χ3v) is 4.26. The van der Waals surface area contributed by atoms with Crippen LogP contribution in [0.15, 0.2) is 42.5 Å². The molecule has 0 aliphatic heterocycles. The van der Waals surface area contributed by atoms with Crippen LogP contribution in [0.1, 0.15) is 28.2 Å². The normalized spacial score (nSPS) is 12.6. The summed E-state index contributed by atoms with van der Waals surface area (Å²) in [5.41, 5.74) is 1.22. The van der Waals surface area contributed by atoms with Crippen LogP contribution in [0.3, 0.4) is 0 Å². The van der Waals surface area contributed by atoms with Gasteiger partial charge in [0.25, 0.3) is 0 Å². The van der Waals surface area contributed by atoms with Crippen LogP contribution in [0.4, 0.5) is 0 Å². The van der Waals surface area contributed by atoms with Gasteiger partial charge >= 0.3 is 0 Å². The van der Waals surface area contributed by atoms with Crippen LogP contribution in [-0.4, -0.2) is 11.7 Å². The van der Waals surface area contributed by atoms with Crippen LogP contribution in [0.25, 0.3) is 0 Å².